The maximum Gasteiger partial charge on any atom is 0.409 e. The Hall–Kier alpha value is -2.61. The van der Waals surface area contributed by atoms with Crippen molar-refractivity contribution in [3.63, 3.8) is 0 Å². The quantitative estimate of drug-likeness (QED) is 0.873. The molecule has 2 aliphatic heterocycles. The van der Waals surface area contributed by atoms with E-state index in [1.165, 1.54) is 4.90 Å². The van der Waals surface area contributed by atoms with Gasteiger partial charge in [0, 0.05) is 26.2 Å². The maximum atomic E-state index is 12.7. The van der Waals surface area contributed by atoms with Gasteiger partial charge >= 0.3 is 6.09 Å². The molecule has 0 aliphatic carbocycles. The molecule has 1 aromatic rings. The minimum Gasteiger partial charge on any atom is -0.450 e. The molecule has 1 aromatic carbocycles. The van der Waals surface area contributed by atoms with Gasteiger partial charge in [-0.3, -0.25) is 19.4 Å². The van der Waals surface area contributed by atoms with Gasteiger partial charge in [0.2, 0.25) is 11.8 Å². The van der Waals surface area contributed by atoms with E-state index >= 15 is 0 Å². The van der Waals surface area contributed by atoms with E-state index in [1.807, 2.05) is 23.1 Å². The molecule has 0 radical (unpaired) electrons. The summed E-state index contributed by atoms with van der Waals surface area (Å²) in [5.41, 5.74) is 1.37. The molecular formula is C17H22N4O4. The SMILES string of the molecule is CCOC(=O)N1CCN(CC(=O)N2CC(=O)Nc3ccccc32)CC1. The van der Waals surface area contributed by atoms with Crippen LogP contribution in [0.2, 0.25) is 0 Å². The number of fused-ring (bicyclic) bond motifs is 1. The zero-order valence-electron chi connectivity index (χ0n) is 14.2. The first kappa shape index (κ1) is 17.2. The Bertz CT molecular complexity index is 670. The summed E-state index contributed by atoms with van der Waals surface area (Å²) in [7, 11) is 0. The summed E-state index contributed by atoms with van der Waals surface area (Å²) in [4.78, 5) is 41.4. The van der Waals surface area contributed by atoms with Gasteiger partial charge in [0.1, 0.15) is 6.54 Å². The Morgan fingerprint density at radius 2 is 1.88 bits per heavy atom. The molecule has 2 aliphatic rings. The summed E-state index contributed by atoms with van der Waals surface area (Å²) in [6, 6.07) is 7.27. The maximum absolute atomic E-state index is 12.7. The lowest BCUT2D eigenvalue weighted by Gasteiger charge is -2.35. The van der Waals surface area contributed by atoms with E-state index in [1.54, 1.807) is 17.9 Å². The predicted molar refractivity (Wildman–Crippen MR) is 92.5 cm³/mol. The zero-order valence-corrected chi connectivity index (χ0v) is 14.2. The number of anilines is 2. The van der Waals surface area contributed by atoms with E-state index in [0.717, 1.165) is 5.69 Å². The van der Waals surface area contributed by atoms with Crippen molar-refractivity contribution in [2.24, 2.45) is 0 Å². The number of hydrogen-bond donors (Lipinski definition) is 1. The standard InChI is InChI=1S/C17H22N4O4/c1-2-25-17(24)20-9-7-19(8-10-20)12-16(23)21-11-15(22)18-13-5-3-4-6-14(13)21/h3-6H,2,7-12H2,1H3,(H,18,22). The van der Waals surface area contributed by atoms with Crippen LogP contribution < -0.4 is 10.2 Å². The summed E-state index contributed by atoms with van der Waals surface area (Å²) in [6.45, 7) is 4.65. The first-order chi connectivity index (χ1) is 12.1. The fourth-order valence-electron chi connectivity index (χ4n) is 3.04. The fraction of sp³-hybridized carbons (Fsp3) is 0.471. The highest BCUT2D eigenvalue weighted by Crippen LogP contribution is 2.28. The minimum absolute atomic E-state index is 0.0264. The van der Waals surface area contributed by atoms with E-state index in [2.05, 4.69) is 5.32 Å². The normalized spacial score (nSPS) is 17.7. The minimum atomic E-state index is -0.310. The number of ether oxygens (including phenoxy) is 1. The van der Waals surface area contributed by atoms with Crippen LogP contribution in [-0.4, -0.2) is 73.6 Å². The third-order valence-electron chi connectivity index (χ3n) is 4.33. The molecule has 1 fully saturated rings. The van der Waals surface area contributed by atoms with Crippen LogP contribution in [0, 0.1) is 0 Å². The zero-order chi connectivity index (χ0) is 17.8. The first-order valence-electron chi connectivity index (χ1n) is 8.41. The number of amides is 3. The molecule has 3 rings (SSSR count). The summed E-state index contributed by atoms with van der Waals surface area (Å²) < 4.78 is 4.99. The third-order valence-corrected chi connectivity index (χ3v) is 4.33. The molecule has 0 atom stereocenters. The highest BCUT2D eigenvalue weighted by atomic mass is 16.6. The molecule has 0 unspecified atom stereocenters. The van der Waals surface area contributed by atoms with E-state index in [-0.39, 0.29) is 31.0 Å². The molecule has 25 heavy (non-hydrogen) atoms. The molecule has 1 saturated heterocycles. The van der Waals surface area contributed by atoms with Crippen LogP contribution in [0.3, 0.4) is 0 Å². The second-order valence-corrected chi connectivity index (χ2v) is 6.01. The lowest BCUT2D eigenvalue weighted by molar-refractivity contribution is -0.123. The predicted octanol–water partition coefficient (Wildman–Crippen LogP) is 0.746. The van der Waals surface area contributed by atoms with E-state index in [9.17, 15) is 14.4 Å². The van der Waals surface area contributed by atoms with Gasteiger partial charge in [-0.25, -0.2) is 4.79 Å². The molecule has 8 heteroatoms. The van der Waals surface area contributed by atoms with Gasteiger partial charge in [-0.05, 0) is 19.1 Å². The molecule has 0 saturated carbocycles. The Balaban J connectivity index is 1.59. The Morgan fingerprint density at radius 1 is 1.16 bits per heavy atom. The highest BCUT2D eigenvalue weighted by molar-refractivity contribution is 6.10. The van der Waals surface area contributed by atoms with Gasteiger partial charge in [-0.15, -0.1) is 0 Å². The molecular weight excluding hydrogens is 324 g/mol. The van der Waals surface area contributed by atoms with Crippen molar-refractivity contribution in [2.45, 2.75) is 6.92 Å². The summed E-state index contributed by atoms with van der Waals surface area (Å²) >= 11 is 0. The number of carbonyl (C=O) groups is 3. The van der Waals surface area contributed by atoms with Crippen LogP contribution >= 0.6 is 0 Å². The second-order valence-electron chi connectivity index (χ2n) is 6.01. The molecule has 0 bridgehead atoms. The molecule has 3 amide bonds. The van der Waals surface area contributed by atoms with E-state index in [0.29, 0.717) is 38.5 Å². The summed E-state index contributed by atoms with van der Waals surface area (Å²) in [5, 5.41) is 2.77. The van der Waals surface area contributed by atoms with Crippen LogP contribution in [-0.2, 0) is 14.3 Å². The van der Waals surface area contributed by atoms with Gasteiger partial charge in [-0.1, -0.05) is 12.1 Å². The third kappa shape index (κ3) is 3.90. The van der Waals surface area contributed by atoms with Crippen LogP contribution in [0.4, 0.5) is 16.2 Å². The van der Waals surface area contributed by atoms with Crippen LogP contribution in [0.15, 0.2) is 24.3 Å². The topological polar surface area (TPSA) is 82.2 Å². The number of hydrogen-bond acceptors (Lipinski definition) is 5. The average Bonchev–Trinajstić information content (AvgIpc) is 2.61. The van der Waals surface area contributed by atoms with E-state index < -0.39 is 0 Å². The summed E-state index contributed by atoms with van der Waals surface area (Å²) in [6.07, 6.45) is -0.310. The van der Waals surface area contributed by atoms with Crippen molar-refractivity contribution in [3.05, 3.63) is 24.3 Å². The number of benzene rings is 1. The van der Waals surface area contributed by atoms with Crippen LogP contribution in [0.25, 0.3) is 0 Å². The smallest absolute Gasteiger partial charge is 0.409 e. The van der Waals surface area contributed by atoms with Gasteiger partial charge in [-0.2, -0.15) is 0 Å². The molecule has 8 nitrogen and oxygen atoms in total. The van der Waals surface area contributed by atoms with Crippen LogP contribution in [0.1, 0.15) is 6.92 Å². The molecule has 2 heterocycles. The summed E-state index contributed by atoms with van der Waals surface area (Å²) in [5.74, 6) is -0.314. The highest BCUT2D eigenvalue weighted by Gasteiger charge is 2.29. The van der Waals surface area contributed by atoms with Crippen molar-refractivity contribution in [1.82, 2.24) is 9.80 Å². The Labute approximate surface area is 146 Å². The number of para-hydroxylation sites is 2. The number of carbonyl (C=O) groups excluding carboxylic acids is 3. The first-order valence-corrected chi connectivity index (χ1v) is 8.41. The lowest BCUT2D eigenvalue weighted by atomic mass is 10.2. The molecule has 134 valence electrons. The van der Waals surface area contributed by atoms with Gasteiger partial charge < -0.3 is 15.0 Å². The van der Waals surface area contributed by atoms with Crippen LogP contribution in [0.5, 0.6) is 0 Å². The van der Waals surface area contributed by atoms with Crippen molar-refractivity contribution >= 4 is 29.3 Å². The molecule has 0 spiro atoms. The van der Waals surface area contributed by atoms with E-state index in [4.69, 9.17) is 4.74 Å². The van der Waals surface area contributed by atoms with Crippen molar-refractivity contribution < 1.29 is 19.1 Å². The van der Waals surface area contributed by atoms with Crippen molar-refractivity contribution in [2.75, 3.05) is 56.1 Å². The van der Waals surface area contributed by atoms with Gasteiger partial charge in [0.05, 0.1) is 24.5 Å². The average molecular weight is 346 g/mol. The number of nitrogens with one attached hydrogen (secondary N) is 1. The Kier molecular flexibility index (Phi) is 5.18. The van der Waals surface area contributed by atoms with Gasteiger partial charge in [0.25, 0.3) is 0 Å². The number of rotatable bonds is 3. The second kappa shape index (κ2) is 7.52. The van der Waals surface area contributed by atoms with Crippen molar-refractivity contribution in [3.8, 4) is 0 Å². The monoisotopic (exact) mass is 346 g/mol. The number of piperazine rings is 1. The van der Waals surface area contributed by atoms with Crippen molar-refractivity contribution in [1.29, 1.82) is 0 Å². The van der Waals surface area contributed by atoms with Gasteiger partial charge in [0.15, 0.2) is 0 Å². The Morgan fingerprint density at radius 3 is 2.60 bits per heavy atom. The fourth-order valence-corrected chi connectivity index (χ4v) is 3.04. The largest absolute Gasteiger partial charge is 0.450 e. The number of nitrogens with zero attached hydrogens (tertiary/aromatic N) is 3. The lowest BCUT2D eigenvalue weighted by Crippen LogP contribution is -2.53. The molecule has 0 aromatic heterocycles. The molecule has 1 N–H and O–H groups in total.